The van der Waals surface area contributed by atoms with Gasteiger partial charge in [-0.1, -0.05) is 30.3 Å². The molecule has 0 bridgehead atoms. The molecule has 1 aliphatic heterocycles. The summed E-state index contributed by atoms with van der Waals surface area (Å²) in [5, 5.41) is 2.37. The van der Waals surface area contributed by atoms with E-state index in [0.29, 0.717) is 12.6 Å². The van der Waals surface area contributed by atoms with Crippen LogP contribution in [0.5, 0.6) is 5.75 Å². The van der Waals surface area contributed by atoms with E-state index < -0.39 is 0 Å². The molecule has 0 radical (unpaired) electrons. The molecular weight excluding hydrogens is 260 g/mol. The first-order valence-corrected chi connectivity index (χ1v) is 7.83. The molecule has 21 heavy (non-hydrogen) atoms. The first-order chi connectivity index (χ1) is 10.3. The lowest BCUT2D eigenvalue weighted by atomic mass is 10.0. The van der Waals surface area contributed by atoms with Gasteiger partial charge in [-0.05, 0) is 49.9 Å². The molecule has 2 aromatic rings. The van der Waals surface area contributed by atoms with Gasteiger partial charge in [-0.3, -0.25) is 0 Å². The van der Waals surface area contributed by atoms with Crippen LogP contribution in [0.3, 0.4) is 0 Å². The molecule has 1 saturated heterocycles. The lowest BCUT2D eigenvalue weighted by Crippen LogP contribution is -2.26. The van der Waals surface area contributed by atoms with Gasteiger partial charge in [0.25, 0.3) is 0 Å². The average Bonchev–Trinajstić information content (AvgIpc) is 2.93. The minimum atomic E-state index is 0.563. The van der Waals surface area contributed by atoms with Gasteiger partial charge in [0.2, 0.25) is 0 Å². The predicted molar refractivity (Wildman–Crippen MR) is 87.6 cm³/mol. The third-order valence-electron chi connectivity index (χ3n) is 4.57. The number of hydrogen-bond donors (Lipinski definition) is 1. The van der Waals surface area contributed by atoms with Crippen LogP contribution in [-0.4, -0.2) is 31.1 Å². The van der Waals surface area contributed by atoms with E-state index in [9.17, 15) is 0 Å². The van der Waals surface area contributed by atoms with E-state index in [4.69, 9.17) is 10.5 Å². The summed E-state index contributed by atoms with van der Waals surface area (Å²) >= 11 is 0. The highest BCUT2D eigenvalue weighted by atomic mass is 16.5. The number of ether oxygens (including phenoxy) is 1. The van der Waals surface area contributed by atoms with Crippen molar-refractivity contribution in [1.82, 2.24) is 4.90 Å². The number of nitrogens with zero attached hydrogens (tertiary/aromatic N) is 1. The molecule has 1 unspecified atom stereocenters. The van der Waals surface area contributed by atoms with Crippen LogP contribution in [0.2, 0.25) is 0 Å². The summed E-state index contributed by atoms with van der Waals surface area (Å²) < 4.78 is 6.06. The number of hydrogen-bond acceptors (Lipinski definition) is 3. The predicted octanol–water partition coefficient (Wildman–Crippen LogP) is 3.16. The first kappa shape index (κ1) is 14.4. The maximum absolute atomic E-state index is 6.06. The highest BCUT2D eigenvalue weighted by Crippen LogP contribution is 2.29. The second-order valence-electron chi connectivity index (χ2n) is 5.89. The standard InChI is InChI=1S/C18H24N2O/c1-20-11-4-5-15(20)10-12-21-18-9-8-14(13-19)16-6-2-3-7-17(16)18/h2-3,6-9,15H,4-5,10-13,19H2,1H3. The number of benzene rings is 2. The van der Waals surface area contributed by atoms with Gasteiger partial charge in [0.05, 0.1) is 6.61 Å². The minimum Gasteiger partial charge on any atom is -0.493 e. The van der Waals surface area contributed by atoms with Crippen molar-refractivity contribution in [3.05, 3.63) is 42.0 Å². The van der Waals surface area contributed by atoms with Crippen LogP contribution in [-0.2, 0) is 6.54 Å². The van der Waals surface area contributed by atoms with Crippen LogP contribution in [0, 0.1) is 0 Å². The molecule has 112 valence electrons. The maximum atomic E-state index is 6.06. The van der Waals surface area contributed by atoms with Gasteiger partial charge in [0.1, 0.15) is 5.75 Å². The Morgan fingerprint density at radius 3 is 2.71 bits per heavy atom. The molecule has 0 aromatic heterocycles. The molecule has 1 atom stereocenters. The van der Waals surface area contributed by atoms with E-state index in [0.717, 1.165) is 18.8 Å². The number of rotatable bonds is 5. The molecule has 2 aromatic carbocycles. The number of nitrogens with two attached hydrogens (primary N) is 1. The van der Waals surface area contributed by atoms with Crippen LogP contribution in [0.4, 0.5) is 0 Å². The zero-order chi connectivity index (χ0) is 14.7. The number of fused-ring (bicyclic) bond motifs is 1. The average molecular weight is 284 g/mol. The second-order valence-corrected chi connectivity index (χ2v) is 5.89. The van der Waals surface area contributed by atoms with Crippen LogP contribution < -0.4 is 10.5 Å². The molecule has 0 aliphatic carbocycles. The Hall–Kier alpha value is -1.58. The molecule has 1 fully saturated rings. The first-order valence-electron chi connectivity index (χ1n) is 7.83. The van der Waals surface area contributed by atoms with E-state index in [1.165, 1.54) is 35.7 Å². The van der Waals surface area contributed by atoms with Crippen LogP contribution >= 0.6 is 0 Å². The maximum Gasteiger partial charge on any atom is 0.127 e. The van der Waals surface area contributed by atoms with Crippen molar-refractivity contribution in [3.63, 3.8) is 0 Å². The van der Waals surface area contributed by atoms with Crippen LogP contribution in [0.1, 0.15) is 24.8 Å². The Morgan fingerprint density at radius 1 is 1.19 bits per heavy atom. The Balaban J connectivity index is 1.72. The van der Waals surface area contributed by atoms with E-state index in [1.807, 2.05) is 0 Å². The van der Waals surface area contributed by atoms with Crippen molar-refractivity contribution in [2.75, 3.05) is 20.2 Å². The largest absolute Gasteiger partial charge is 0.493 e. The fourth-order valence-corrected chi connectivity index (χ4v) is 3.29. The topological polar surface area (TPSA) is 38.5 Å². The molecule has 3 heteroatoms. The van der Waals surface area contributed by atoms with E-state index in [-0.39, 0.29) is 0 Å². The summed E-state index contributed by atoms with van der Waals surface area (Å²) in [5.74, 6) is 0.975. The summed E-state index contributed by atoms with van der Waals surface area (Å²) in [6.45, 7) is 2.56. The van der Waals surface area contributed by atoms with Crippen molar-refractivity contribution >= 4 is 10.8 Å². The second kappa shape index (κ2) is 6.46. The molecule has 3 rings (SSSR count). The zero-order valence-electron chi connectivity index (χ0n) is 12.7. The van der Waals surface area contributed by atoms with Crippen LogP contribution in [0.25, 0.3) is 10.8 Å². The van der Waals surface area contributed by atoms with E-state index >= 15 is 0 Å². The lowest BCUT2D eigenvalue weighted by Gasteiger charge is -2.19. The van der Waals surface area contributed by atoms with Crippen LogP contribution in [0.15, 0.2) is 36.4 Å². The number of likely N-dealkylation sites (tertiary alicyclic amines) is 1. The Kier molecular flexibility index (Phi) is 4.42. The molecule has 3 nitrogen and oxygen atoms in total. The van der Waals surface area contributed by atoms with Crippen molar-refractivity contribution in [2.45, 2.75) is 31.8 Å². The molecule has 0 amide bonds. The highest BCUT2D eigenvalue weighted by molar-refractivity contribution is 5.91. The molecule has 1 heterocycles. The summed E-state index contributed by atoms with van der Waals surface area (Å²) in [6, 6.07) is 13.2. The Bertz CT molecular complexity index is 611. The third kappa shape index (κ3) is 3.04. The molecule has 1 aliphatic rings. The van der Waals surface area contributed by atoms with Gasteiger partial charge in [-0.2, -0.15) is 0 Å². The molecular formula is C18H24N2O. The molecule has 0 spiro atoms. The van der Waals surface area contributed by atoms with Gasteiger partial charge in [-0.25, -0.2) is 0 Å². The van der Waals surface area contributed by atoms with Gasteiger partial charge in [-0.15, -0.1) is 0 Å². The SMILES string of the molecule is CN1CCCC1CCOc1ccc(CN)c2ccccc12. The van der Waals surface area contributed by atoms with Gasteiger partial charge in [0, 0.05) is 18.0 Å². The molecule has 0 saturated carbocycles. The fourth-order valence-electron chi connectivity index (χ4n) is 3.29. The van der Waals surface area contributed by atoms with E-state index in [2.05, 4.69) is 48.3 Å². The van der Waals surface area contributed by atoms with Crippen molar-refractivity contribution in [2.24, 2.45) is 5.73 Å². The Labute approximate surface area is 126 Å². The van der Waals surface area contributed by atoms with Crippen molar-refractivity contribution in [1.29, 1.82) is 0 Å². The monoisotopic (exact) mass is 284 g/mol. The summed E-state index contributed by atoms with van der Waals surface area (Å²) in [4.78, 5) is 2.44. The molecule has 2 N–H and O–H groups in total. The highest BCUT2D eigenvalue weighted by Gasteiger charge is 2.20. The summed E-state index contributed by atoms with van der Waals surface area (Å²) in [7, 11) is 2.21. The smallest absolute Gasteiger partial charge is 0.127 e. The summed E-state index contributed by atoms with van der Waals surface area (Å²) in [6.07, 6.45) is 3.71. The third-order valence-corrected chi connectivity index (χ3v) is 4.57. The Morgan fingerprint density at radius 2 is 2.00 bits per heavy atom. The normalized spacial score (nSPS) is 19.2. The fraction of sp³-hybridized carbons (Fsp3) is 0.444. The van der Waals surface area contributed by atoms with Gasteiger partial charge >= 0.3 is 0 Å². The van der Waals surface area contributed by atoms with Gasteiger partial charge < -0.3 is 15.4 Å². The lowest BCUT2D eigenvalue weighted by molar-refractivity contribution is 0.234. The van der Waals surface area contributed by atoms with Gasteiger partial charge in [0.15, 0.2) is 0 Å². The minimum absolute atomic E-state index is 0.563. The van der Waals surface area contributed by atoms with Crippen molar-refractivity contribution in [3.8, 4) is 5.75 Å². The van der Waals surface area contributed by atoms with E-state index in [1.54, 1.807) is 0 Å². The zero-order valence-corrected chi connectivity index (χ0v) is 12.7. The quantitative estimate of drug-likeness (QED) is 0.916. The summed E-state index contributed by atoms with van der Waals surface area (Å²) in [5.41, 5.74) is 6.99. The van der Waals surface area contributed by atoms with Crippen molar-refractivity contribution < 1.29 is 4.74 Å².